The molecule has 26 heavy (non-hydrogen) atoms. The lowest BCUT2D eigenvalue weighted by Crippen LogP contribution is -2.24. The predicted octanol–water partition coefficient (Wildman–Crippen LogP) is 1.57. The van der Waals surface area contributed by atoms with Crippen LogP contribution in [0.1, 0.15) is 23.7 Å². The fourth-order valence-electron chi connectivity index (χ4n) is 2.45. The van der Waals surface area contributed by atoms with Gasteiger partial charge in [0.2, 0.25) is 0 Å². The Morgan fingerprint density at radius 3 is 2.35 bits per heavy atom. The number of ether oxygens (including phenoxy) is 1. The molecular formula is C17H21N2O6P. The molecule has 1 unspecified atom stereocenters. The molecule has 0 radical (unpaired) electrons. The van der Waals surface area contributed by atoms with Crippen molar-refractivity contribution in [1.82, 2.24) is 5.43 Å². The lowest BCUT2D eigenvalue weighted by atomic mass is 9.96. The summed E-state index contributed by atoms with van der Waals surface area (Å²) in [6.45, 7) is 0.513. The molecule has 0 aromatic heterocycles. The molecule has 1 atom stereocenters. The number of rotatable bonds is 4. The standard InChI is InChI=1S/C17H18N2O2.H3O4P/c20-11-10-18-19-15-12-17(13-6-2-1-3-7-13)21-16-9-5-4-8-14(15)16;1-5(2,3)4/h1-9,17-18,20H,10-12H2;(H3,1,2,3,4)/b19-15+;. The van der Waals surface area contributed by atoms with E-state index < -0.39 is 7.82 Å². The summed E-state index contributed by atoms with van der Waals surface area (Å²) in [4.78, 5) is 21.6. The lowest BCUT2D eigenvalue weighted by molar-refractivity contribution is 0.206. The van der Waals surface area contributed by atoms with E-state index in [0.717, 1.165) is 22.6 Å². The summed E-state index contributed by atoms with van der Waals surface area (Å²) in [6.07, 6.45) is 0.676. The minimum atomic E-state index is -4.64. The van der Waals surface area contributed by atoms with Gasteiger partial charge in [-0.05, 0) is 17.7 Å². The normalized spacial score (nSPS) is 17.5. The Kier molecular flexibility index (Phi) is 7.32. The molecule has 0 aliphatic carbocycles. The van der Waals surface area contributed by atoms with Gasteiger partial charge in [0.15, 0.2) is 0 Å². The van der Waals surface area contributed by atoms with Crippen molar-refractivity contribution in [2.24, 2.45) is 5.10 Å². The number of fused-ring (bicyclic) bond motifs is 1. The minimum Gasteiger partial charge on any atom is -0.485 e. The molecule has 2 aromatic carbocycles. The van der Waals surface area contributed by atoms with E-state index in [1.54, 1.807) is 0 Å². The van der Waals surface area contributed by atoms with Gasteiger partial charge in [-0.1, -0.05) is 42.5 Å². The van der Waals surface area contributed by atoms with E-state index in [1.807, 2.05) is 42.5 Å². The molecule has 3 rings (SSSR count). The molecule has 0 amide bonds. The highest BCUT2D eigenvalue weighted by Gasteiger charge is 2.25. The van der Waals surface area contributed by atoms with Crippen molar-refractivity contribution in [3.05, 3.63) is 65.7 Å². The first-order chi connectivity index (χ1) is 12.4. The van der Waals surface area contributed by atoms with Crippen LogP contribution in [0.25, 0.3) is 0 Å². The first-order valence-electron chi connectivity index (χ1n) is 7.88. The first-order valence-corrected chi connectivity index (χ1v) is 9.44. The average Bonchev–Trinajstić information content (AvgIpc) is 2.61. The topological polar surface area (TPSA) is 132 Å². The molecule has 0 spiro atoms. The van der Waals surface area contributed by atoms with E-state index >= 15 is 0 Å². The van der Waals surface area contributed by atoms with E-state index in [2.05, 4.69) is 22.7 Å². The molecule has 9 heteroatoms. The molecule has 0 fully saturated rings. The van der Waals surface area contributed by atoms with E-state index in [1.165, 1.54) is 0 Å². The van der Waals surface area contributed by atoms with E-state index in [4.69, 9.17) is 29.1 Å². The van der Waals surface area contributed by atoms with Gasteiger partial charge in [0, 0.05) is 12.0 Å². The van der Waals surface area contributed by atoms with Crippen molar-refractivity contribution in [2.75, 3.05) is 13.2 Å². The number of aliphatic hydroxyl groups is 1. The van der Waals surface area contributed by atoms with Crippen LogP contribution in [0, 0.1) is 0 Å². The molecule has 0 bridgehead atoms. The number of para-hydroxylation sites is 1. The van der Waals surface area contributed by atoms with Crippen LogP contribution in [0.2, 0.25) is 0 Å². The van der Waals surface area contributed by atoms with Gasteiger partial charge in [-0.15, -0.1) is 0 Å². The molecule has 1 aliphatic rings. The van der Waals surface area contributed by atoms with Crippen LogP contribution in [-0.4, -0.2) is 38.7 Å². The predicted molar refractivity (Wildman–Crippen MR) is 96.8 cm³/mol. The lowest BCUT2D eigenvalue weighted by Gasteiger charge is -2.27. The Bertz CT molecular complexity index is 770. The van der Waals surface area contributed by atoms with Crippen molar-refractivity contribution in [3.63, 3.8) is 0 Å². The maximum Gasteiger partial charge on any atom is 0.466 e. The van der Waals surface area contributed by atoms with Gasteiger partial charge in [-0.25, -0.2) is 4.57 Å². The van der Waals surface area contributed by atoms with Gasteiger partial charge in [0.05, 0.1) is 18.9 Å². The quantitative estimate of drug-likeness (QED) is 0.309. The number of nitrogens with one attached hydrogen (secondary N) is 1. The van der Waals surface area contributed by atoms with Gasteiger partial charge < -0.3 is 29.9 Å². The fourth-order valence-corrected chi connectivity index (χ4v) is 2.45. The van der Waals surface area contributed by atoms with E-state index in [-0.39, 0.29) is 12.7 Å². The van der Waals surface area contributed by atoms with E-state index in [9.17, 15) is 0 Å². The van der Waals surface area contributed by atoms with Crippen LogP contribution in [0.3, 0.4) is 0 Å². The maximum absolute atomic E-state index is 8.88. The van der Waals surface area contributed by atoms with Crippen LogP contribution in [0.15, 0.2) is 59.7 Å². The smallest absolute Gasteiger partial charge is 0.466 e. The summed E-state index contributed by atoms with van der Waals surface area (Å²) in [6, 6.07) is 18.1. The van der Waals surface area contributed by atoms with Crippen LogP contribution in [-0.2, 0) is 4.57 Å². The largest absolute Gasteiger partial charge is 0.485 e. The number of benzene rings is 2. The molecule has 0 saturated heterocycles. The second-order valence-corrected chi connectivity index (χ2v) is 6.45. The molecule has 140 valence electrons. The Morgan fingerprint density at radius 1 is 1.08 bits per heavy atom. The van der Waals surface area contributed by atoms with Gasteiger partial charge in [0.1, 0.15) is 11.9 Å². The van der Waals surface area contributed by atoms with Gasteiger partial charge in [-0.3, -0.25) is 0 Å². The van der Waals surface area contributed by atoms with Gasteiger partial charge >= 0.3 is 7.82 Å². The Labute approximate surface area is 151 Å². The number of nitrogens with zero attached hydrogens (tertiary/aromatic N) is 1. The van der Waals surface area contributed by atoms with Crippen molar-refractivity contribution >= 4 is 13.5 Å². The fraction of sp³-hybridized carbons (Fsp3) is 0.235. The van der Waals surface area contributed by atoms with Crippen LogP contribution in [0.4, 0.5) is 0 Å². The molecule has 1 aliphatic heterocycles. The summed E-state index contributed by atoms with van der Waals surface area (Å²) in [5.41, 5.74) is 6.01. The number of hydrazone groups is 1. The molecule has 8 nitrogen and oxygen atoms in total. The number of aliphatic hydroxyl groups excluding tert-OH is 1. The molecular weight excluding hydrogens is 359 g/mol. The van der Waals surface area contributed by atoms with Crippen LogP contribution >= 0.6 is 7.82 Å². The molecule has 5 N–H and O–H groups in total. The van der Waals surface area contributed by atoms with Gasteiger partial charge in [0.25, 0.3) is 0 Å². The van der Waals surface area contributed by atoms with Crippen LogP contribution in [0.5, 0.6) is 5.75 Å². The third-order valence-corrected chi connectivity index (χ3v) is 3.45. The Balaban J connectivity index is 0.000000431. The second kappa shape index (κ2) is 9.47. The molecule has 1 heterocycles. The highest BCUT2D eigenvalue weighted by molar-refractivity contribution is 7.45. The number of phosphoric acid groups is 1. The number of hydrogen-bond acceptors (Lipinski definition) is 5. The average molecular weight is 380 g/mol. The molecule has 2 aromatic rings. The zero-order valence-electron chi connectivity index (χ0n) is 13.9. The molecule has 0 saturated carbocycles. The third kappa shape index (κ3) is 6.59. The monoisotopic (exact) mass is 380 g/mol. The Morgan fingerprint density at radius 2 is 1.69 bits per heavy atom. The van der Waals surface area contributed by atoms with Gasteiger partial charge in [-0.2, -0.15) is 5.10 Å². The van der Waals surface area contributed by atoms with E-state index in [0.29, 0.717) is 13.0 Å². The highest BCUT2D eigenvalue weighted by atomic mass is 31.2. The van der Waals surface area contributed by atoms with Crippen LogP contribution < -0.4 is 10.2 Å². The summed E-state index contributed by atoms with van der Waals surface area (Å²) < 4.78 is 15.0. The highest BCUT2D eigenvalue weighted by Crippen LogP contribution is 2.34. The van der Waals surface area contributed by atoms with Crippen molar-refractivity contribution in [1.29, 1.82) is 0 Å². The Hall–Kier alpha value is -2.22. The second-order valence-electron chi connectivity index (χ2n) is 5.42. The summed E-state index contributed by atoms with van der Waals surface area (Å²) in [5.74, 6) is 0.849. The summed E-state index contributed by atoms with van der Waals surface area (Å²) >= 11 is 0. The maximum atomic E-state index is 8.88. The van der Waals surface area contributed by atoms with Crippen molar-refractivity contribution < 1.29 is 29.1 Å². The summed E-state index contributed by atoms with van der Waals surface area (Å²) in [7, 11) is -4.64. The number of hydrogen-bond donors (Lipinski definition) is 5. The zero-order chi connectivity index (χ0) is 19.0. The SMILES string of the molecule is O=P(O)(O)O.OCCN/N=C1\CC(c2ccccc2)Oc2ccccc21. The van der Waals surface area contributed by atoms with Crippen molar-refractivity contribution in [2.45, 2.75) is 12.5 Å². The zero-order valence-corrected chi connectivity index (χ0v) is 14.8. The third-order valence-electron chi connectivity index (χ3n) is 3.45. The minimum absolute atomic E-state index is 0.0317. The van der Waals surface area contributed by atoms with Crippen molar-refractivity contribution in [3.8, 4) is 5.75 Å². The summed E-state index contributed by atoms with van der Waals surface area (Å²) in [5, 5.41) is 13.3. The first kappa shape index (κ1) is 20.1.